The Morgan fingerprint density at radius 2 is 2.21 bits per heavy atom. The van der Waals surface area contributed by atoms with E-state index < -0.39 is 5.60 Å². The zero-order chi connectivity index (χ0) is 14.0. The molecule has 2 heterocycles. The number of carbonyl (C=O) groups excluding carboxylic acids is 1. The predicted octanol–water partition coefficient (Wildman–Crippen LogP) is 2.93. The Labute approximate surface area is 113 Å². The number of rotatable bonds is 0. The number of aromatic nitrogens is 1. The number of hydrogen-bond acceptors (Lipinski definition) is 3. The van der Waals surface area contributed by atoms with Crippen LogP contribution in [0.2, 0.25) is 0 Å². The third-order valence-electron chi connectivity index (χ3n) is 2.85. The molecule has 1 aromatic rings. The summed E-state index contributed by atoms with van der Waals surface area (Å²) in [5.74, 6) is 0.366. The van der Waals surface area contributed by atoms with Crippen LogP contribution in [0.25, 0.3) is 4.85 Å². The molecule has 0 N–H and O–H groups in total. The molecule has 0 saturated carbocycles. The molecule has 0 aliphatic carbocycles. The highest BCUT2D eigenvalue weighted by molar-refractivity contribution is 5.68. The first-order valence-electron chi connectivity index (χ1n) is 6.22. The summed E-state index contributed by atoms with van der Waals surface area (Å²) in [6.45, 7) is 13.6. The second kappa shape index (κ2) is 4.88. The Morgan fingerprint density at radius 1 is 1.47 bits per heavy atom. The lowest BCUT2D eigenvalue weighted by Crippen LogP contribution is -2.39. The van der Waals surface area contributed by atoms with Crippen molar-refractivity contribution in [3.63, 3.8) is 0 Å². The van der Waals surface area contributed by atoms with Gasteiger partial charge in [0, 0.05) is 13.1 Å². The van der Waals surface area contributed by atoms with Gasteiger partial charge in [-0.3, -0.25) is 0 Å². The Kier molecular flexibility index (Phi) is 3.43. The maximum Gasteiger partial charge on any atom is 0.410 e. The molecule has 19 heavy (non-hydrogen) atoms. The van der Waals surface area contributed by atoms with Gasteiger partial charge in [-0.1, -0.05) is 6.57 Å². The molecule has 1 aliphatic rings. The third-order valence-corrected chi connectivity index (χ3v) is 2.85. The number of ether oxygens (including phenoxy) is 1. The van der Waals surface area contributed by atoms with Crippen LogP contribution in [0.1, 0.15) is 31.9 Å². The fraction of sp³-hybridized carbons (Fsp3) is 0.500. The molecule has 0 saturated heterocycles. The van der Waals surface area contributed by atoms with Crippen molar-refractivity contribution in [1.82, 2.24) is 9.88 Å². The van der Waals surface area contributed by atoms with Crippen molar-refractivity contribution < 1.29 is 9.53 Å². The van der Waals surface area contributed by atoms with Gasteiger partial charge in [0.05, 0.1) is 0 Å². The normalized spacial score (nSPS) is 14.5. The van der Waals surface area contributed by atoms with Crippen molar-refractivity contribution in [3.8, 4) is 0 Å². The summed E-state index contributed by atoms with van der Waals surface area (Å²) in [5.41, 5.74) is 1.60. The van der Waals surface area contributed by atoms with Gasteiger partial charge in [-0.15, -0.1) is 4.98 Å². The summed E-state index contributed by atoms with van der Waals surface area (Å²) in [5, 5.41) is 0. The molecule has 0 bridgehead atoms. The van der Waals surface area contributed by atoms with Crippen LogP contribution >= 0.6 is 0 Å². The SMILES string of the molecule is [C-]#[N+]c1cc2c(cn1)CCN(C(=O)OC(C)(C)C)C2. The van der Waals surface area contributed by atoms with Crippen LogP contribution in [0.4, 0.5) is 10.6 Å². The Hall–Kier alpha value is -2.09. The number of fused-ring (bicyclic) bond motifs is 1. The molecule has 0 fully saturated rings. The molecule has 0 radical (unpaired) electrons. The molecule has 0 atom stereocenters. The monoisotopic (exact) mass is 259 g/mol. The quantitative estimate of drug-likeness (QED) is 0.673. The average molecular weight is 259 g/mol. The van der Waals surface area contributed by atoms with Crippen LogP contribution in [0, 0.1) is 6.57 Å². The van der Waals surface area contributed by atoms with Crippen molar-refractivity contribution in [3.05, 3.63) is 34.8 Å². The summed E-state index contributed by atoms with van der Waals surface area (Å²) >= 11 is 0. The number of amides is 1. The smallest absolute Gasteiger partial charge is 0.410 e. The lowest BCUT2D eigenvalue weighted by Gasteiger charge is -2.30. The second-order valence-corrected chi connectivity index (χ2v) is 5.57. The number of carbonyl (C=O) groups is 1. The van der Waals surface area contributed by atoms with Gasteiger partial charge in [0.15, 0.2) is 0 Å². The zero-order valence-corrected chi connectivity index (χ0v) is 11.4. The zero-order valence-electron chi connectivity index (χ0n) is 11.4. The Balaban J connectivity index is 2.13. The van der Waals surface area contributed by atoms with E-state index in [9.17, 15) is 4.79 Å². The molecule has 0 aromatic carbocycles. The molecule has 1 amide bonds. The van der Waals surface area contributed by atoms with Crippen LogP contribution in [-0.2, 0) is 17.7 Å². The van der Waals surface area contributed by atoms with Crippen LogP contribution in [0.5, 0.6) is 0 Å². The van der Waals surface area contributed by atoms with Crippen molar-refractivity contribution in [2.24, 2.45) is 0 Å². The summed E-state index contributed by atoms with van der Waals surface area (Å²) < 4.78 is 5.36. The van der Waals surface area contributed by atoms with E-state index in [1.807, 2.05) is 20.8 Å². The second-order valence-electron chi connectivity index (χ2n) is 5.57. The number of pyridine rings is 1. The molecule has 5 heteroatoms. The molecular weight excluding hydrogens is 242 g/mol. The fourth-order valence-electron chi connectivity index (χ4n) is 1.97. The number of nitrogens with zero attached hydrogens (tertiary/aromatic N) is 3. The molecule has 0 unspecified atom stereocenters. The molecule has 1 aliphatic heterocycles. The van der Waals surface area contributed by atoms with Gasteiger partial charge in [-0.2, -0.15) is 0 Å². The van der Waals surface area contributed by atoms with Gasteiger partial charge in [0.1, 0.15) is 11.8 Å². The average Bonchev–Trinajstić information content (AvgIpc) is 2.35. The predicted molar refractivity (Wildman–Crippen MR) is 70.8 cm³/mol. The first-order chi connectivity index (χ1) is 8.89. The lowest BCUT2D eigenvalue weighted by molar-refractivity contribution is 0.0224. The van der Waals surface area contributed by atoms with Gasteiger partial charge in [-0.05, 0) is 44.4 Å². The summed E-state index contributed by atoms with van der Waals surface area (Å²) in [7, 11) is 0. The molecular formula is C14H17N3O2. The maximum absolute atomic E-state index is 12.0. The van der Waals surface area contributed by atoms with E-state index in [0.29, 0.717) is 18.9 Å². The molecule has 100 valence electrons. The standard InChI is InChI=1S/C14H17N3O2/c1-14(2,3)19-13(18)17-6-5-10-8-16-12(15-4)7-11(10)9-17/h7-8H,5-6,9H2,1-3H3. The van der Waals surface area contributed by atoms with Gasteiger partial charge in [0.2, 0.25) is 0 Å². The van der Waals surface area contributed by atoms with Gasteiger partial charge in [-0.25, -0.2) is 4.79 Å². The van der Waals surface area contributed by atoms with Crippen molar-refractivity contribution in [1.29, 1.82) is 0 Å². The van der Waals surface area contributed by atoms with Gasteiger partial charge < -0.3 is 14.5 Å². The first-order valence-corrected chi connectivity index (χ1v) is 6.22. The van der Waals surface area contributed by atoms with Crippen molar-refractivity contribution in [2.75, 3.05) is 6.54 Å². The summed E-state index contributed by atoms with van der Waals surface area (Å²) in [6, 6.07) is 1.75. The van der Waals surface area contributed by atoms with Gasteiger partial charge >= 0.3 is 6.09 Å². The third kappa shape index (κ3) is 3.22. The Bertz CT molecular complexity index is 541. The highest BCUT2D eigenvalue weighted by Gasteiger charge is 2.26. The van der Waals surface area contributed by atoms with Crippen LogP contribution in [0.15, 0.2) is 12.3 Å². The van der Waals surface area contributed by atoms with Crippen LogP contribution in [0.3, 0.4) is 0 Å². The molecule has 1 aromatic heterocycles. The van der Waals surface area contributed by atoms with E-state index in [2.05, 4.69) is 9.83 Å². The van der Waals surface area contributed by atoms with E-state index in [4.69, 9.17) is 11.3 Å². The largest absolute Gasteiger partial charge is 0.444 e. The minimum atomic E-state index is -0.489. The maximum atomic E-state index is 12.0. The topological polar surface area (TPSA) is 46.8 Å². The van der Waals surface area contributed by atoms with Crippen LogP contribution < -0.4 is 0 Å². The van der Waals surface area contributed by atoms with E-state index >= 15 is 0 Å². The Morgan fingerprint density at radius 3 is 2.84 bits per heavy atom. The minimum absolute atomic E-state index is 0.306. The van der Waals surface area contributed by atoms with Crippen molar-refractivity contribution in [2.45, 2.75) is 39.3 Å². The van der Waals surface area contributed by atoms with E-state index in [1.54, 1.807) is 17.2 Å². The van der Waals surface area contributed by atoms with E-state index in [-0.39, 0.29) is 6.09 Å². The highest BCUT2D eigenvalue weighted by atomic mass is 16.6. The molecule has 5 nitrogen and oxygen atoms in total. The van der Waals surface area contributed by atoms with Crippen LogP contribution in [-0.4, -0.2) is 28.1 Å². The summed E-state index contributed by atoms with van der Waals surface area (Å²) in [4.78, 5) is 21.0. The summed E-state index contributed by atoms with van der Waals surface area (Å²) in [6.07, 6.45) is 2.17. The van der Waals surface area contributed by atoms with Gasteiger partial charge in [0.25, 0.3) is 5.82 Å². The van der Waals surface area contributed by atoms with Crippen molar-refractivity contribution >= 4 is 11.9 Å². The first kappa shape index (κ1) is 13.3. The number of hydrogen-bond donors (Lipinski definition) is 0. The highest BCUT2D eigenvalue weighted by Crippen LogP contribution is 2.23. The minimum Gasteiger partial charge on any atom is -0.444 e. The van der Waals surface area contributed by atoms with E-state index in [1.165, 1.54) is 0 Å². The molecule has 0 spiro atoms. The lowest BCUT2D eigenvalue weighted by atomic mass is 10.0. The molecule has 2 rings (SSSR count). The van der Waals surface area contributed by atoms with E-state index in [0.717, 1.165) is 17.5 Å². The fourth-order valence-corrected chi connectivity index (χ4v) is 1.97.